The molecule has 0 spiro atoms. The number of hydrogen-bond acceptors (Lipinski definition) is 3. The van der Waals surface area contributed by atoms with Crippen LogP contribution in [0.25, 0.3) is 0 Å². The van der Waals surface area contributed by atoms with Crippen LogP contribution < -0.4 is 0 Å². The first-order valence-electron chi connectivity index (χ1n) is 5.97. The zero-order chi connectivity index (χ0) is 16.4. The van der Waals surface area contributed by atoms with Crippen LogP contribution in [0.5, 0.6) is 0 Å². The maximum atomic E-state index is 13.0. The van der Waals surface area contributed by atoms with Gasteiger partial charge in [-0.3, -0.25) is 0 Å². The van der Waals surface area contributed by atoms with Gasteiger partial charge < -0.3 is 5.11 Å². The summed E-state index contributed by atoms with van der Waals surface area (Å²) in [6.45, 7) is 1.36. The fraction of sp³-hybridized carbons (Fsp3) is 0.500. The molecule has 0 fully saturated rings. The average Bonchev–Trinajstić information content (AvgIpc) is 2.34. The van der Waals surface area contributed by atoms with Gasteiger partial charge in [-0.25, -0.2) is 12.7 Å². The highest BCUT2D eigenvalue weighted by Gasteiger charge is 2.38. The van der Waals surface area contributed by atoms with E-state index in [0.29, 0.717) is 6.07 Å². The summed E-state index contributed by atoms with van der Waals surface area (Å²) in [5.74, 6) is 0. The quantitative estimate of drug-likeness (QED) is 0.892. The predicted molar refractivity (Wildman–Crippen MR) is 72.6 cm³/mol. The van der Waals surface area contributed by atoms with Crippen LogP contribution in [0.2, 0.25) is 5.02 Å². The summed E-state index contributed by atoms with van der Waals surface area (Å²) in [6.07, 6.45) is -5.47. The molecule has 9 heteroatoms. The van der Waals surface area contributed by atoms with Gasteiger partial charge in [-0.05, 0) is 31.5 Å². The zero-order valence-electron chi connectivity index (χ0n) is 11.4. The Bertz CT molecular complexity index is 602. The van der Waals surface area contributed by atoms with Crippen molar-refractivity contribution in [3.05, 3.63) is 28.8 Å². The second-order valence-electron chi connectivity index (χ2n) is 4.60. The first-order chi connectivity index (χ1) is 9.46. The summed E-state index contributed by atoms with van der Waals surface area (Å²) in [7, 11) is -3.16. The Kier molecular flexibility index (Phi) is 5.65. The normalized spacial score (nSPS) is 14.5. The van der Waals surface area contributed by atoms with Crippen molar-refractivity contribution in [3.63, 3.8) is 0 Å². The van der Waals surface area contributed by atoms with E-state index in [0.717, 1.165) is 23.5 Å². The number of benzene rings is 1. The Labute approximate surface area is 126 Å². The van der Waals surface area contributed by atoms with Crippen LogP contribution in [0.15, 0.2) is 23.1 Å². The molecule has 0 saturated carbocycles. The van der Waals surface area contributed by atoms with E-state index in [-0.39, 0.29) is 18.0 Å². The van der Waals surface area contributed by atoms with Crippen LogP contribution in [0.4, 0.5) is 13.2 Å². The molecule has 120 valence electrons. The van der Waals surface area contributed by atoms with Crippen molar-refractivity contribution in [1.82, 2.24) is 4.31 Å². The number of sulfonamides is 1. The molecule has 0 aliphatic rings. The van der Waals surface area contributed by atoms with Crippen LogP contribution in [-0.4, -0.2) is 37.5 Å². The molecule has 0 aliphatic heterocycles. The Balaban J connectivity index is 3.26. The Morgan fingerprint density at radius 1 is 1.38 bits per heavy atom. The van der Waals surface area contributed by atoms with Crippen LogP contribution in [0.1, 0.15) is 18.9 Å². The number of alkyl halides is 3. The second kappa shape index (κ2) is 6.51. The van der Waals surface area contributed by atoms with Gasteiger partial charge >= 0.3 is 6.18 Å². The average molecular weight is 346 g/mol. The molecule has 1 rings (SSSR count). The molecule has 1 aromatic rings. The van der Waals surface area contributed by atoms with Crippen molar-refractivity contribution < 1.29 is 26.7 Å². The minimum absolute atomic E-state index is 0.0973. The fourth-order valence-electron chi connectivity index (χ4n) is 1.61. The summed E-state index contributed by atoms with van der Waals surface area (Å²) in [4.78, 5) is -0.854. The van der Waals surface area contributed by atoms with Gasteiger partial charge in [0.2, 0.25) is 10.0 Å². The molecule has 0 heterocycles. The van der Waals surface area contributed by atoms with Crippen molar-refractivity contribution in [1.29, 1.82) is 0 Å². The molecule has 0 saturated heterocycles. The van der Waals surface area contributed by atoms with E-state index < -0.39 is 32.8 Å². The highest BCUT2D eigenvalue weighted by Crippen LogP contribution is 2.36. The lowest BCUT2D eigenvalue weighted by atomic mass is 10.2. The van der Waals surface area contributed by atoms with Crippen molar-refractivity contribution in [2.24, 2.45) is 0 Å². The maximum Gasteiger partial charge on any atom is 0.417 e. The third-order valence-electron chi connectivity index (χ3n) is 2.80. The van der Waals surface area contributed by atoms with Crippen molar-refractivity contribution >= 4 is 21.6 Å². The van der Waals surface area contributed by atoms with E-state index in [4.69, 9.17) is 16.7 Å². The molecule has 1 unspecified atom stereocenters. The maximum absolute atomic E-state index is 13.0. The molecule has 21 heavy (non-hydrogen) atoms. The lowest BCUT2D eigenvalue weighted by Gasteiger charge is -2.21. The molecular formula is C12H15ClF3NO3S. The standard InChI is InChI=1S/C12H15ClF3NO3S/c1-8(18)5-6-17(2)21(19,20)11-4-3-9(13)7-10(11)12(14,15)16/h3-4,7-8,18H,5-6H2,1-2H3. The van der Waals surface area contributed by atoms with Gasteiger partial charge in [-0.15, -0.1) is 0 Å². The van der Waals surface area contributed by atoms with Gasteiger partial charge in [0.15, 0.2) is 0 Å². The number of aliphatic hydroxyl groups excluding tert-OH is 1. The molecule has 0 aliphatic carbocycles. The minimum Gasteiger partial charge on any atom is -0.393 e. The molecule has 0 amide bonds. The third-order valence-corrected chi connectivity index (χ3v) is 4.95. The first kappa shape index (κ1) is 18.2. The number of aliphatic hydroxyl groups is 1. The van der Waals surface area contributed by atoms with E-state index in [1.165, 1.54) is 6.92 Å². The van der Waals surface area contributed by atoms with E-state index in [2.05, 4.69) is 0 Å². The van der Waals surface area contributed by atoms with Crippen molar-refractivity contribution in [2.75, 3.05) is 13.6 Å². The lowest BCUT2D eigenvalue weighted by Crippen LogP contribution is -2.31. The Hall–Kier alpha value is -0.830. The second-order valence-corrected chi connectivity index (χ2v) is 7.05. The van der Waals surface area contributed by atoms with E-state index in [9.17, 15) is 21.6 Å². The number of hydrogen-bond donors (Lipinski definition) is 1. The SMILES string of the molecule is CC(O)CCN(C)S(=O)(=O)c1ccc(Cl)cc1C(F)(F)F. The molecule has 1 N–H and O–H groups in total. The summed E-state index contributed by atoms with van der Waals surface area (Å²) in [5, 5.41) is 8.94. The monoisotopic (exact) mass is 345 g/mol. The van der Waals surface area contributed by atoms with Crippen molar-refractivity contribution in [2.45, 2.75) is 30.5 Å². The van der Waals surface area contributed by atoms with Gasteiger partial charge in [-0.2, -0.15) is 13.2 Å². The van der Waals surface area contributed by atoms with Gasteiger partial charge in [0.1, 0.15) is 0 Å². The van der Waals surface area contributed by atoms with Crippen LogP contribution in [0.3, 0.4) is 0 Å². The summed E-state index contributed by atoms with van der Waals surface area (Å²) in [5.41, 5.74) is -1.31. The zero-order valence-corrected chi connectivity index (χ0v) is 12.9. The molecule has 1 atom stereocenters. The fourth-order valence-corrected chi connectivity index (χ4v) is 3.15. The van der Waals surface area contributed by atoms with E-state index >= 15 is 0 Å². The van der Waals surface area contributed by atoms with Crippen molar-refractivity contribution in [3.8, 4) is 0 Å². The molecule has 4 nitrogen and oxygen atoms in total. The van der Waals surface area contributed by atoms with E-state index in [1.807, 2.05) is 0 Å². The smallest absolute Gasteiger partial charge is 0.393 e. The first-order valence-corrected chi connectivity index (χ1v) is 7.79. The van der Waals surface area contributed by atoms with Gasteiger partial charge in [0.05, 0.1) is 16.6 Å². The van der Waals surface area contributed by atoms with Gasteiger partial charge in [0, 0.05) is 18.6 Å². The Morgan fingerprint density at radius 3 is 2.43 bits per heavy atom. The summed E-state index contributed by atoms with van der Waals surface area (Å²) < 4.78 is 64.1. The molecule has 0 aromatic heterocycles. The molecule has 0 bridgehead atoms. The van der Waals surface area contributed by atoms with Crippen LogP contribution >= 0.6 is 11.6 Å². The molecule has 1 aromatic carbocycles. The van der Waals surface area contributed by atoms with Crippen LogP contribution in [-0.2, 0) is 16.2 Å². The summed E-state index contributed by atoms with van der Waals surface area (Å²) >= 11 is 5.51. The summed E-state index contributed by atoms with van der Waals surface area (Å²) in [6, 6.07) is 2.50. The Morgan fingerprint density at radius 2 is 1.95 bits per heavy atom. The van der Waals surface area contributed by atoms with E-state index in [1.54, 1.807) is 0 Å². The number of nitrogens with zero attached hydrogens (tertiary/aromatic N) is 1. The topological polar surface area (TPSA) is 57.6 Å². The predicted octanol–water partition coefficient (Wildman–Crippen LogP) is 2.75. The van der Waals surface area contributed by atoms with Crippen LogP contribution in [0, 0.1) is 0 Å². The number of rotatable bonds is 5. The van der Waals surface area contributed by atoms with Gasteiger partial charge in [0.25, 0.3) is 0 Å². The highest BCUT2D eigenvalue weighted by atomic mass is 35.5. The lowest BCUT2D eigenvalue weighted by molar-refractivity contribution is -0.139. The third kappa shape index (κ3) is 4.57. The molecule has 0 radical (unpaired) electrons. The number of halogens is 4. The minimum atomic E-state index is -4.83. The largest absolute Gasteiger partial charge is 0.417 e. The highest BCUT2D eigenvalue weighted by molar-refractivity contribution is 7.89. The van der Waals surface area contributed by atoms with Gasteiger partial charge in [-0.1, -0.05) is 11.6 Å². The molecular weight excluding hydrogens is 331 g/mol.